The van der Waals surface area contributed by atoms with E-state index in [1.165, 1.54) is 16.8 Å². The summed E-state index contributed by atoms with van der Waals surface area (Å²) in [5, 5.41) is 11.0. The van der Waals surface area contributed by atoms with Crippen molar-refractivity contribution in [2.75, 3.05) is 0 Å². The van der Waals surface area contributed by atoms with Gasteiger partial charge in [-0.05, 0) is 45.1 Å². The molecule has 1 heterocycles. The Balaban J connectivity index is 2.61. The van der Waals surface area contributed by atoms with Crippen LogP contribution in [0.4, 0.5) is 5.69 Å². The third kappa shape index (κ3) is 2.75. The second-order valence-corrected chi connectivity index (χ2v) is 5.15. The van der Waals surface area contributed by atoms with Crippen molar-refractivity contribution >= 4 is 11.3 Å². The fraction of sp³-hybridized carbons (Fsp3) is 0.500. The molecular weight excluding hydrogens is 244 g/mol. The Kier molecular flexibility index (Phi) is 3.83. The van der Waals surface area contributed by atoms with Crippen LogP contribution in [0.5, 0.6) is 0 Å². The van der Waals surface area contributed by atoms with Crippen molar-refractivity contribution in [2.45, 2.75) is 45.6 Å². The summed E-state index contributed by atoms with van der Waals surface area (Å²) in [6, 6.07) is 1.33. The molecule has 1 aliphatic carbocycles. The first-order valence-electron chi connectivity index (χ1n) is 6.60. The van der Waals surface area contributed by atoms with Crippen LogP contribution in [-0.4, -0.2) is 9.49 Å². The first-order valence-corrected chi connectivity index (χ1v) is 6.60. The minimum Gasteiger partial charge on any atom is -0.306 e. The SMILES string of the molecule is CC(C)n1cc([N+](=O)[O-])cc(C2=CCCCC2)c1=O. The monoisotopic (exact) mass is 262 g/mol. The average Bonchev–Trinajstić information content (AvgIpc) is 2.39. The third-order valence-corrected chi connectivity index (χ3v) is 3.43. The molecule has 0 unspecified atom stereocenters. The van der Waals surface area contributed by atoms with Crippen LogP contribution in [0.25, 0.3) is 5.57 Å². The zero-order chi connectivity index (χ0) is 14.0. The van der Waals surface area contributed by atoms with Crippen molar-refractivity contribution in [3.05, 3.63) is 44.4 Å². The highest BCUT2D eigenvalue weighted by molar-refractivity contribution is 5.67. The molecule has 5 heteroatoms. The zero-order valence-corrected chi connectivity index (χ0v) is 11.3. The number of allylic oxidation sites excluding steroid dienone is 2. The number of pyridine rings is 1. The van der Waals surface area contributed by atoms with E-state index in [4.69, 9.17) is 0 Å². The molecule has 19 heavy (non-hydrogen) atoms. The number of aromatic nitrogens is 1. The van der Waals surface area contributed by atoms with E-state index in [9.17, 15) is 14.9 Å². The van der Waals surface area contributed by atoms with Crippen molar-refractivity contribution in [3.63, 3.8) is 0 Å². The first-order chi connectivity index (χ1) is 9.00. The van der Waals surface area contributed by atoms with Gasteiger partial charge < -0.3 is 4.57 Å². The van der Waals surface area contributed by atoms with Crippen LogP contribution in [0.15, 0.2) is 23.1 Å². The van der Waals surface area contributed by atoms with Gasteiger partial charge in [0.15, 0.2) is 0 Å². The minimum absolute atomic E-state index is 0.0187. The molecule has 0 aliphatic heterocycles. The van der Waals surface area contributed by atoms with Crippen molar-refractivity contribution in [3.8, 4) is 0 Å². The third-order valence-electron chi connectivity index (χ3n) is 3.43. The topological polar surface area (TPSA) is 65.1 Å². The maximum Gasteiger partial charge on any atom is 0.286 e. The Bertz CT molecular complexity index is 585. The van der Waals surface area contributed by atoms with Gasteiger partial charge in [-0.25, -0.2) is 0 Å². The van der Waals surface area contributed by atoms with E-state index in [2.05, 4.69) is 0 Å². The van der Waals surface area contributed by atoms with Crippen LogP contribution in [0, 0.1) is 10.1 Å². The molecule has 0 radical (unpaired) electrons. The highest BCUT2D eigenvalue weighted by Crippen LogP contribution is 2.27. The van der Waals surface area contributed by atoms with Gasteiger partial charge in [0, 0.05) is 17.7 Å². The summed E-state index contributed by atoms with van der Waals surface area (Å²) in [7, 11) is 0. The van der Waals surface area contributed by atoms with Gasteiger partial charge in [0.1, 0.15) is 0 Å². The molecule has 5 nitrogen and oxygen atoms in total. The van der Waals surface area contributed by atoms with Gasteiger partial charge >= 0.3 is 0 Å². The number of rotatable bonds is 3. The van der Waals surface area contributed by atoms with Crippen molar-refractivity contribution in [1.82, 2.24) is 4.57 Å². The van der Waals surface area contributed by atoms with Crippen LogP contribution in [0.1, 0.15) is 51.1 Å². The molecule has 2 rings (SSSR count). The Morgan fingerprint density at radius 2 is 2.11 bits per heavy atom. The van der Waals surface area contributed by atoms with Crippen LogP contribution in [-0.2, 0) is 0 Å². The smallest absolute Gasteiger partial charge is 0.286 e. The predicted octanol–water partition coefficient (Wildman–Crippen LogP) is 3.29. The summed E-state index contributed by atoms with van der Waals surface area (Å²) in [6.07, 6.45) is 7.30. The van der Waals surface area contributed by atoms with Crippen LogP contribution >= 0.6 is 0 Å². The molecule has 1 aromatic rings. The lowest BCUT2D eigenvalue weighted by Gasteiger charge is -2.15. The lowest BCUT2D eigenvalue weighted by Crippen LogP contribution is -2.25. The molecule has 0 fully saturated rings. The number of hydrogen-bond acceptors (Lipinski definition) is 3. The molecule has 1 aromatic heterocycles. The summed E-state index contributed by atoms with van der Waals surface area (Å²) in [4.78, 5) is 22.9. The second kappa shape index (κ2) is 5.38. The van der Waals surface area contributed by atoms with Crippen molar-refractivity contribution < 1.29 is 4.92 Å². The predicted molar refractivity (Wildman–Crippen MR) is 74.2 cm³/mol. The van der Waals surface area contributed by atoms with Gasteiger partial charge in [-0.2, -0.15) is 0 Å². The van der Waals surface area contributed by atoms with Gasteiger partial charge in [-0.1, -0.05) is 6.08 Å². The average molecular weight is 262 g/mol. The molecule has 0 aromatic carbocycles. The van der Waals surface area contributed by atoms with Gasteiger partial charge in [-0.3, -0.25) is 14.9 Å². The fourth-order valence-corrected chi connectivity index (χ4v) is 2.38. The van der Waals surface area contributed by atoms with Gasteiger partial charge in [0.05, 0.1) is 11.1 Å². The summed E-state index contributed by atoms with van der Waals surface area (Å²) in [5.41, 5.74) is 1.29. The standard InChI is InChI=1S/C14H18N2O3/c1-10(2)15-9-12(16(18)19)8-13(14(15)17)11-6-4-3-5-7-11/h6,8-10H,3-5,7H2,1-2H3. The largest absolute Gasteiger partial charge is 0.306 e. The number of nitrogens with zero attached hydrogens (tertiary/aromatic N) is 2. The first kappa shape index (κ1) is 13.5. The molecule has 0 bridgehead atoms. The second-order valence-electron chi connectivity index (χ2n) is 5.15. The Hall–Kier alpha value is -1.91. The van der Waals surface area contributed by atoms with Gasteiger partial charge in [0.2, 0.25) is 0 Å². The van der Waals surface area contributed by atoms with Gasteiger partial charge in [-0.15, -0.1) is 0 Å². The summed E-state index contributed by atoms with van der Waals surface area (Å²) in [6.45, 7) is 3.70. The molecule has 1 aliphatic rings. The zero-order valence-electron chi connectivity index (χ0n) is 11.3. The van der Waals surface area contributed by atoms with E-state index in [1.807, 2.05) is 19.9 Å². The Morgan fingerprint density at radius 1 is 1.37 bits per heavy atom. The number of hydrogen-bond donors (Lipinski definition) is 0. The van der Waals surface area contributed by atoms with E-state index in [0.717, 1.165) is 31.3 Å². The van der Waals surface area contributed by atoms with Crippen LogP contribution < -0.4 is 5.56 Å². The number of nitro groups is 1. The van der Waals surface area contributed by atoms with E-state index in [0.29, 0.717) is 5.56 Å². The van der Waals surface area contributed by atoms with Crippen molar-refractivity contribution in [2.24, 2.45) is 0 Å². The van der Waals surface area contributed by atoms with E-state index in [-0.39, 0.29) is 17.3 Å². The van der Waals surface area contributed by atoms with Gasteiger partial charge in [0.25, 0.3) is 11.2 Å². The highest BCUT2D eigenvalue weighted by Gasteiger charge is 2.18. The molecule has 0 amide bonds. The molecule has 0 atom stereocenters. The lowest BCUT2D eigenvalue weighted by molar-refractivity contribution is -0.385. The van der Waals surface area contributed by atoms with E-state index in [1.54, 1.807) is 0 Å². The molecule has 0 spiro atoms. The summed E-state index contributed by atoms with van der Waals surface area (Å²) in [5.74, 6) is 0. The molecule has 102 valence electrons. The Labute approximate surface area is 111 Å². The van der Waals surface area contributed by atoms with Crippen LogP contribution in [0.3, 0.4) is 0 Å². The Morgan fingerprint density at radius 3 is 2.63 bits per heavy atom. The quantitative estimate of drug-likeness (QED) is 0.620. The minimum atomic E-state index is -0.439. The lowest BCUT2D eigenvalue weighted by atomic mass is 9.94. The maximum atomic E-state index is 12.4. The fourth-order valence-electron chi connectivity index (χ4n) is 2.38. The molecular formula is C14H18N2O3. The molecule has 0 N–H and O–H groups in total. The summed E-state index contributed by atoms with van der Waals surface area (Å²) >= 11 is 0. The van der Waals surface area contributed by atoms with E-state index < -0.39 is 4.92 Å². The van der Waals surface area contributed by atoms with E-state index >= 15 is 0 Å². The molecule has 0 saturated carbocycles. The highest BCUT2D eigenvalue weighted by atomic mass is 16.6. The maximum absolute atomic E-state index is 12.4. The summed E-state index contributed by atoms with van der Waals surface area (Å²) < 4.78 is 1.45. The van der Waals surface area contributed by atoms with Crippen molar-refractivity contribution in [1.29, 1.82) is 0 Å². The van der Waals surface area contributed by atoms with Crippen LogP contribution in [0.2, 0.25) is 0 Å². The molecule has 0 saturated heterocycles. The normalized spacial score (nSPS) is 15.4.